The van der Waals surface area contributed by atoms with Crippen molar-refractivity contribution in [3.05, 3.63) is 95.1 Å². The van der Waals surface area contributed by atoms with Gasteiger partial charge in [0.1, 0.15) is 24.1 Å². The third kappa shape index (κ3) is 7.44. The summed E-state index contributed by atoms with van der Waals surface area (Å²) >= 11 is 0. The third-order valence-corrected chi connectivity index (χ3v) is 8.06. The molecular weight excluding hydrogens is 568 g/mol. The van der Waals surface area contributed by atoms with Crippen LogP contribution in [0.15, 0.2) is 72.8 Å². The lowest BCUT2D eigenvalue weighted by atomic mass is 9.78. The molecule has 3 aromatic carbocycles. The van der Waals surface area contributed by atoms with Gasteiger partial charge in [-0.25, -0.2) is 0 Å². The number of ether oxygens (including phenoxy) is 1. The number of carbonyl (C=O) groups is 2. The number of nitrogens with one attached hydrogen (secondary N) is 1. The highest BCUT2D eigenvalue weighted by atomic mass is 16.5. The van der Waals surface area contributed by atoms with E-state index < -0.39 is 43.0 Å². The van der Waals surface area contributed by atoms with Crippen LogP contribution in [-0.4, -0.2) is 80.6 Å². The Bertz CT molecular complexity index is 1400. The van der Waals surface area contributed by atoms with Crippen LogP contribution in [-0.2, 0) is 16.1 Å². The molecule has 11 heteroatoms. The van der Waals surface area contributed by atoms with Gasteiger partial charge in [-0.1, -0.05) is 54.1 Å². The van der Waals surface area contributed by atoms with Crippen LogP contribution < -0.4 is 15.0 Å². The van der Waals surface area contributed by atoms with E-state index in [9.17, 15) is 35.1 Å². The summed E-state index contributed by atoms with van der Waals surface area (Å²) in [7, 11) is 1.58. The largest absolute Gasteiger partial charge is 0.497 e. The molecule has 1 fully saturated rings. The summed E-state index contributed by atoms with van der Waals surface area (Å²) < 4.78 is 5.30. The Labute approximate surface area is 256 Å². The van der Waals surface area contributed by atoms with Crippen molar-refractivity contribution in [1.82, 2.24) is 5.32 Å². The molecular formula is C33H40N2O9. The van der Waals surface area contributed by atoms with Crippen LogP contribution in [0.3, 0.4) is 0 Å². The van der Waals surface area contributed by atoms with Crippen LogP contribution in [0.1, 0.15) is 47.2 Å². The number of amides is 2. The maximum absolute atomic E-state index is 13.6. The topological polar surface area (TPSA) is 180 Å². The van der Waals surface area contributed by atoms with Crippen molar-refractivity contribution in [2.24, 2.45) is 5.92 Å². The average molecular weight is 609 g/mol. The van der Waals surface area contributed by atoms with Crippen molar-refractivity contribution < 1.29 is 45.0 Å². The molecule has 1 aliphatic rings. The van der Waals surface area contributed by atoms with Gasteiger partial charge in [-0.15, -0.1) is 0 Å². The number of hydrogen-bond donors (Lipinski definition) is 7. The number of anilines is 1. The van der Waals surface area contributed by atoms with Crippen LogP contribution >= 0.6 is 0 Å². The molecule has 236 valence electrons. The van der Waals surface area contributed by atoms with Crippen LogP contribution in [0, 0.1) is 12.8 Å². The van der Waals surface area contributed by atoms with Gasteiger partial charge in [0.15, 0.2) is 6.10 Å². The molecule has 0 bridgehead atoms. The number of benzene rings is 3. The zero-order valence-electron chi connectivity index (χ0n) is 24.7. The second-order valence-corrected chi connectivity index (χ2v) is 11.1. The highest BCUT2D eigenvalue weighted by Gasteiger charge is 2.48. The molecule has 4 rings (SSSR count). The number of aliphatic hydroxyl groups is 6. The van der Waals surface area contributed by atoms with Gasteiger partial charge in [0.2, 0.25) is 5.91 Å². The molecule has 1 saturated heterocycles. The number of β-lactam (4-membered cyclic amide) rings is 1. The Morgan fingerprint density at radius 3 is 2.27 bits per heavy atom. The number of methoxy groups -OCH3 is 1. The van der Waals surface area contributed by atoms with Gasteiger partial charge >= 0.3 is 0 Å². The molecule has 2 amide bonds. The fourth-order valence-corrected chi connectivity index (χ4v) is 5.38. The molecule has 0 aromatic heterocycles. The highest BCUT2D eigenvalue weighted by molar-refractivity contribution is 6.03. The van der Waals surface area contributed by atoms with Gasteiger partial charge in [-0.3, -0.25) is 9.59 Å². The number of nitrogens with zero attached hydrogens (tertiary/aromatic N) is 1. The smallest absolute Gasteiger partial charge is 0.251 e. The van der Waals surface area contributed by atoms with Crippen molar-refractivity contribution in [1.29, 1.82) is 0 Å². The first-order valence-electron chi connectivity index (χ1n) is 14.5. The van der Waals surface area contributed by atoms with E-state index in [1.807, 2.05) is 55.5 Å². The van der Waals surface area contributed by atoms with Crippen LogP contribution in [0.4, 0.5) is 5.69 Å². The van der Waals surface area contributed by atoms with Crippen molar-refractivity contribution in [3.63, 3.8) is 0 Å². The molecule has 1 heterocycles. The van der Waals surface area contributed by atoms with E-state index in [0.717, 1.165) is 16.7 Å². The molecule has 7 N–H and O–H groups in total. The lowest BCUT2D eigenvalue weighted by molar-refractivity contribution is -0.149. The summed E-state index contributed by atoms with van der Waals surface area (Å²) in [6.45, 7) is 1.06. The first kappa shape index (κ1) is 33.1. The maximum atomic E-state index is 13.6. The molecule has 7 atom stereocenters. The predicted molar refractivity (Wildman–Crippen MR) is 161 cm³/mol. The monoisotopic (exact) mass is 608 g/mol. The van der Waals surface area contributed by atoms with E-state index >= 15 is 0 Å². The maximum Gasteiger partial charge on any atom is 0.251 e. The first-order valence-corrected chi connectivity index (χ1v) is 14.5. The Morgan fingerprint density at radius 1 is 0.955 bits per heavy atom. The van der Waals surface area contributed by atoms with Crippen LogP contribution in [0.5, 0.6) is 5.75 Å². The normalized spacial score (nSPS) is 19.8. The summed E-state index contributed by atoms with van der Waals surface area (Å²) in [6.07, 6.45) is -7.56. The second-order valence-electron chi connectivity index (χ2n) is 11.1. The predicted octanol–water partition coefficient (Wildman–Crippen LogP) is 1.27. The van der Waals surface area contributed by atoms with Crippen molar-refractivity contribution in [2.75, 3.05) is 18.6 Å². The van der Waals surface area contributed by atoms with Gasteiger partial charge in [0.25, 0.3) is 5.91 Å². The Hall–Kier alpha value is -3.84. The van der Waals surface area contributed by atoms with Crippen molar-refractivity contribution in [3.8, 4) is 5.75 Å². The number of aliphatic hydroxyl groups excluding tert-OH is 6. The molecule has 3 aromatic rings. The molecule has 11 nitrogen and oxygen atoms in total. The van der Waals surface area contributed by atoms with E-state index in [1.165, 1.54) is 0 Å². The molecule has 0 radical (unpaired) electrons. The van der Waals surface area contributed by atoms with Crippen LogP contribution in [0.25, 0.3) is 0 Å². The number of carbonyl (C=O) groups excluding carboxylic acids is 2. The molecule has 7 unspecified atom stereocenters. The highest BCUT2D eigenvalue weighted by Crippen LogP contribution is 2.46. The lowest BCUT2D eigenvalue weighted by Gasteiger charge is -2.48. The Balaban J connectivity index is 1.48. The molecule has 0 aliphatic carbocycles. The molecule has 0 spiro atoms. The zero-order valence-corrected chi connectivity index (χ0v) is 24.7. The summed E-state index contributed by atoms with van der Waals surface area (Å²) in [5, 5.41) is 61.6. The third-order valence-electron chi connectivity index (χ3n) is 8.06. The van der Waals surface area contributed by atoms with Crippen molar-refractivity contribution in [2.45, 2.75) is 62.9 Å². The van der Waals surface area contributed by atoms with E-state index in [4.69, 9.17) is 9.84 Å². The van der Waals surface area contributed by atoms with E-state index in [-0.39, 0.29) is 24.4 Å². The van der Waals surface area contributed by atoms with Crippen LogP contribution in [0.2, 0.25) is 0 Å². The second kappa shape index (κ2) is 14.8. The average Bonchev–Trinajstić information content (AvgIpc) is 3.05. The van der Waals surface area contributed by atoms with Gasteiger partial charge in [0, 0.05) is 12.2 Å². The van der Waals surface area contributed by atoms with Gasteiger partial charge in [0.05, 0.1) is 31.8 Å². The first-order chi connectivity index (χ1) is 21.0. The summed E-state index contributed by atoms with van der Waals surface area (Å²) in [6, 6.07) is 21.8. The van der Waals surface area contributed by atoms with E-state index in [2.05, 4.69) is 5.32 Å². The summed E-state index contributed by atoms with van der Waals surface area (Å²) in [4.78, 5) is 27.7. The standard InChI is InChI=1S/C33H40N2O9/c1-19-6-8-21(9-7-19)26(37)15-14-25-28(22-10-12-24(44-2)13-11-22)35(33(25)43)23-5-3-4-20(16-23)17-34-32(42)31(41)30(40)29(39)27(38)18-36/h3-13,16,25-31,36-41H,14-15,17-18H2,1-2H3,(H,34,42). The Kier molecular flexibility index (Phi) is 11.1. The minimum atomic E-state index is -2.05. The SMILES string of the molecule is COc1ccc(C2C(CCC(O)c3ccc(C)cc3)C(=O)N2c2cccc(CNC(=O)C(O)C(O)C(O)C(O)CO)c2)cc1. The summed E-state index contributed by atoms with van der Waals surface area (Å²) in [5.74, 6) is -0.779. The fourth-order valence-electron chi connectivity index (χ4n) is 5.38. The summed E-state index contributed by atoms with van der Waals surface area (Å²) in [5.41, 5.74) is 4.00. The van der Waals surface area contributed by atoms with Gasteiger partial charge < -0.3 is 45.6 Å². The minimum Gasteiger partial charge on any atom is -0.497 e. The molecule has 0 saturated carbocycles. The Morgan fingerprint density at radius 2 is 1.64 bits per heavy atom. The van der Waals surface area contributed by atoms with E-state index in [0.29, 0.717) is 29.8 Å². The fraction of sp³-hybridized carbons (Fsp3) is 0.394. The lowest BCUT2D eigenvalue weighted by Crippen LogP contribution is -2.55. The number of rotatable bonds is 14. The number of hydrogen-bond acceptors (Lipinski definition) is 9. The van der Waals surface area contributed by atoms with Gasteiger partial charge in [-0.05, 0) is 60.7 Å². The number of aryl methyl sites for hydroxylation is 1. The minimum absolute atomic E-state index is 0.0590. The quantitative estimate of drug-likeness (QED) is 0.133. The van der Waals surface area contributed by atoms with Crippen molar-refractivity contribution >= 4 is 17.5 Å². The zero-order chi connectivity index (χ0) is 32.0. The molecule has 1 aliphatic heterocycles. The van der Waals surface area contributed by atoms with Gasteiger partial charge in [-0.2, -0.15) is 0 Å². The molecule has 44 heavy (non-hydrogen) atoms. The van der Waals surface area contributed by atoms with E-state index in [1.54, 1.807) is 36.3 Å².